The maximum absolute atomic E-state index is 11.5. The molecule has 0 aromatic heterocycles. The SMILES string of the molecule is CC(C)c1ccc(-c2ccccc2CC(N)=O)cc1Oc1cc(Cl)ccc1Br. The lowest BCUT2D eigenvalue weighted by Gasteiger charge is -2.17. The lowest BCUT2D eigenvalue weighted by atomic mass is 9.94. The zero-order chi connectivity index (χ0) is 20.3. The second-order valence-electron chi connectivity index (χ2n) is 6.88. The van der Waals surface area contributed by atoms with E-state index < -0.39 is 0 Å². The molecule has 0 bridgehead atoms. The van der Waals surface area contributed by atoms with Gasteiger partial charge in [-0.3, -0.25) is 4.79 Å². The molecule has 0 saturated heterocycles. The summed E-state index contributed by atoms with van der Waals surface area (Å²) in [6.07, 6.45) is 0.193. The summed E-state index contributed by atoms with van der Waals surface area (Å²) in [6.45, 7) is 4.24. The number of nitrogens with two attached hydrogens (primary N) is 1. The highest BCUT2D eigenvalue weighted by Gasteiger charge is 2.14. The summed E-state index contributed by atoms with van der Waals surface area (Å²) >= 11 is 9.65. The molecule has 0 heterocycles. The van der Waals surface area contributed by atoms with Gasteiger partial charge in [0, 0.05) is 11.1 Å². The molecule has 3 aromatic carbocycles. The van der Waals surface area contributed by atoms with Gasteiger partial charge in [0.2, 0.25) is 5.91 Å². The molecule has 28 heavy (non-hydrogen) atoms. The summed E-state index contributed by atoms with van der Waals surface area (Å²) in [5, 5.41) is 0.604. The molecule has 0 aliphatic rings. The summed E-state index contributed by atoms with van der Waals surface area (Å²) < 4.78 is 7.07. The molecule has 0 radical (unpaired) electrons. The van der Waals surface area contributed by atoms with E-state index in [0.29, 0.717) is 10.8 Å². The van der Waals surface area contributed by atoms with Crippen LogP contribution in [0.3, 0.4) is 0 Å². The molecule has 0 saturated carbocycles. The summed E-state index contributed by atoms with van der Waals surface area (Å²) in [6, 6.07) is 19.3. The minimum atomic E-state index is -0.356. The van der Waals surface area contributed by atoms with Gasteiger partial charge in [0.15, 0.2) is 0 Å². The van der Waals surface area contributed by atoms with Crippen molar-refractivity contribution < 1.29 is 9.53 Å². The number of amides is 1. The molecule has 0 fully saturated rings. The summed E-state index contributed by atoms with van der Waals surface area (Å²) in [7, 11) is 0. The highest BCUT2D eigenvalue weighted by molar-refractivity contribution is 9.10. The van der Waals surface area contributed by atoms with E-state index >= 15 is 0 Å². The zero-order valence-electron chi connectivity index (χ0n) is 15.7. The highest BCUT2D eigenvalue weighted by atomic mass is 79.9. The van der Waals surface area contributed by atoms with Crippen LogP contribution in [-0.2, 0) is 11.2 Å². The molecular formula is C23H21BrClNO2. The Labute approximate surface area is 178 Å². The van der Waals surface area contributed by atoms with Crippen LogP contribution in [0.4, 0.5) is 0 Å². The maximum atomic E-state index is 11.5. The Morgan fingerprint density at radius 1 is 1.07 bits per heavy atom. The van der Waals surface area contributed by atoms with Gasteiger partial charge in [-0.25, -0.2) is 0 Å². The smallest absolute Gasteiger partial charge is 0.221 e. The fourth-order valence-corrected chi connectivity index (χ4v) is 3.57. The fourth-order valence-electron chi connectivity index (χ4n) is 3.08. The van der Waals surface area contributed by atoms with Gasteiger partial charge in [-0.15, -0.1) is 0 Å². The van der Waals surface area contributed by atoms with E-state index in [4.69, 9.17) is 22.1 Å². The first kappa shape index (κ1) is 20.4. The van der Waals surface area contributed by atoms with Gasteiger partial charge in [-0.2, -0.15) is 0 Å². The van der Waals surface area contributed by atoms with Crippen molar-refractivity contribution in [3.8, 4) is 22.6 Å². The Kier molecular flexibility index (Phi) is 6.42. The molecular weight excluding hydrogens is 438 g/mol. The molecule has 0 atom stereocenters. The first-order chi connectivity index (χ1) is 13.3. The molecule has 0 aliphatic heterocycles. The van der Waals surface area contributed by atoms with Crippen LogP contribution in [0.1, 0.15) is 30.9 Å². The average Bonchev–Trinajstić information content (AvgIpc) is 2.64. The Morgan fingerprint density at radius 3 is 2.54 bits per heavy atom. The average molecular weight is 459 g/mol. The number of ether oxygens (including phenoxy) is 1. The summed E-state index contributed by atoms with van der Waals surface area (Å²) in [5.41, 5.74) is 9.33. The van der Waals surface area contributed by atoms with Gasteiger partial charge >= 0.3 is 0 Å². The maximum Gasteiger partial charge on any atom is 0.221 e. The highest BCUT2D eigenvalue weighted by Crippen LogP contribution is 2.38. The number of hydrogen-bond donors (Lipinski definition) is 1. The van der Waals surface area contributed by atoms with E-state index in [9.17, 15) is 4.79 Å². The lowest BCUT2D eigenvalue weighted by molar-refractivity contribution is -0.117. The molecule has 144 valence electrons. The third kappa shape index (κ3) is 4.75. The second-order valence-corrected chi connectivity index (χ2v) is 8.18. The first-order valence-corrected chi connectivity index (χ1v) is 10.2. The van der Waals surface area contributed by atoms with E-state index in [1.54, 1.807) is 12.1 Å². The van der Waals surface area contributed by atoms with Crippen molar-refractivity contribution >= 4 is 33.4 Å². The number of carbonyl (C=O) groups excluding carboxylic acids is 1. The molecule has 0 unspecified atom stereocenters. The number of hydrogen-bond acceptors (Lipinski definition) is 2. The van der Waals surface area contributed by atoms with Crippen LogP contribution < -0.4 is 10.5 Å². The van der Waals surface area contributed by atoms with Gasteiger partial charge in [0.05, 0.1) is 10.9 Å². The zero-order valence-corrected chi connectivity index (χ0v) is 18.0. The minimum absolute atomic E-state index is 0.193. The van der Waals surface area contributed by atoms with Gasteiger partial charge < -0.3 is 10.5 Å². The number of primary amides is 1. The molecule has 0 aliphatic carbocycles. The topological polar surface area (TPSA) is 52.3 Å². The first-order valence-electron chi connectivity index (χ1n) is 8.98. The van der Waals surface area contributed by atoms with Crippen LogP contribution in [0.15, 0.2) is 65.1 Å². The van der Waals surface area contributed by atoms with Crippen molar-refractivity contribution in [3.05, 3.63) is 81.3 Å². The summed E-state index contributed by atoms with van der Waals surface area (Å²) in [4.78, 5) is 11.5. The number of halogens is 2. The quantitative estimate of drug-likeness (QED) is 0.446. The molecule has 3 nitrogen and oxygen atoms in total. The van der Waals surface area contributed by atoms with Crippen molar-refractivity contribution in [2.45, 2.75) is 26.2 Å². The number of carbonyl (C=O) groups is 1. The third-order valence-corrected chi connectivity index (χ3v) is 5.33. The second kappa shape index (κ2) is 8.80. The third-order valence-electron chi connectivity index (χ3n) is 4.44. The predicted molar refractivity (Wildman–Crippen MR) is 118 cm³/mol. The Balaban J connectivity index is 2.08. The normalized spacial score (nSPS) is 10.9. The van der Waals surface area contributed by atoms with Gasteiger partial charge in [0.1, 0.15) is 11.5 Å². The molecule has 3 rings (SSSR count). The van der Waals surface area contributed by atoms with Crippen molar-refractivity contribution in [2.75, 3.05) is 0 Å². The molecule has 3 aromatic rings. The van der Waals surface area contributed by atoms with Crippen LogP contribution >= 0.6 is 27.5 Å². The molecule has 1 amide bonds. The largest absolute Gasteiger partial charge is 0.456 e. The summed E-state index contributed by atoms with van der Waals surface area (Å²) in [5.74, 6) is 1.33. The monoisotopic (exact) mass is 457 g/mol. The van der Waals surface area contributed by atoms with Gasteiger partial charge in [-0.1, -0.05) is 61.8 Å². The van der Waals surface area contributed by atoms with Crippen LogP contribution in [0.25, 0.3) is 11.1 Å². The van der Waals surface area contributed by atoms with Crippen LogP contribution in [0.5, 0.6) is 11.5 Å². The standard InChI is InChI=1S/C23H21BrClNO2/c1-14(2)18-9-7-16(19-6-4-3-5-15(19)12-23(26)27)11-21(18)28-22-13-17(25)8-10-20(22)24/h3-11,13-14H,12H2,1-2H3,(H2,26,27). The van der Waals surface area contributed by atoms with Crippen LogP contribution in [0.2, 0.25) is 5.02 Å². The van der Waals surface area contributed by atoms with E-state index in [2.05, 4.69) is 41.9 Å². The van der Waals surface area contributed by atoms with Crippen molar-refractivity contribution in [1.29, 1.82) is 0 Å². The van der Waals surface area contributed by atoms with E-state index in [1.807, 2.05) is 36.4 Å². The van der Waals surface area contributed by atoms with Crippen molar-refractivity contribution in [2.24, 2.45) is 5.73 Å². The van der Waals surface area contributed by atoms with Crippen LogP contribution in [0, 0.1) is 0 Å². The lowest BCUT2D eigenvalue weighted by Crippen LogP contribution is -2.14. The predicted octanol–water partition coefficient (Wildman–Crippen LogP) is 6.71. The fraction of sp³-hybridized carbons (Fsp3) is 0.174. The molecule has 2 N–H and O–H groups in total. The Hall–Kier alpha value is -2.30. The Morgan fingerprint density at radius 2 is 1.82 bits per heavy atom. The Bertz CT molecular complexity index is 1020. The van der Waals surface area contributed by atoms with E-state index in [1.165, 1.54) is 0 Å². The van der Waals surface area contributed by atoms with Crippen molar-refractivity contribution in [3.63, 3.8) is 0 Å². The minimum Gasteiger partial charge on any atom is -0.456 e. The van der Waals surface area contributed by atoms with Gasteiger partial charge in [0.25, 0.3) is 0 Å². The van der Waals surface area contributed by atoms with Crippen LogP contribution in [-0.4, -0.2) is 5.91 Å². The molecule has 0 spiro atoms. The van der Waals surface area contributed by atoms with E-state index in [0.717, 1.165) is 32.5 Å². The van der Waals surface area contributed by atoms with E-state index in [-0.39, 0.29) is 18.2 Å². The van der Waals surface area contributed by atoms with Crippen molar-refractivity contribution in [1.82, 2.24) is 0 Å². The number of rotatable bonds is 6. The van der Waals surface area contributed by atoms with Gasteiger partial charge in [-0.05, 0) is 62.3 Å². The number of benzene rings is 3. The molecule has 5 heteroatoms.